The van der Waals surface area contributed by atoms with Gasteiger partial charge >= 0.3 is 0 Å². The van der Waals surface area contributed by atoms with Crippen molar-refractivity contribution in [1.29, 1.82) is 0 Å². The summed E-state index contributed by atoms with van der Waals surface area (Å²) in [6.07, 6.45) is 0.960. The number of aliphatic hydroxyl groups is 1. The van der Waals surface area contributed by atoms with Gasteiger partial charge in [0, 0.05) is 11.1 Å². The molecule has 0 aromatic heterocycles. The Morgan fingerprint density at radius 1 is 1.44 bits per heavy atom. The lowest BCUT2D eigenvalue weighted by molar-refractivity contribution is 0.187. The summed E-state index contributed by atoms with van der Waals surface area (Å²) in [5.74, 6) is 0.602. The van der Waals surface area contributed by atoms with Gasteiger partial charge in [-0.15, -0.1) is 0 Å². The van der Waals surface area contributed by atoms with E-state index in [0.29, 0.717) is 12.5 Å². The highest BCUT2D eigenvalue weighted by Gasteiger charge is 2.15. The molecule has 0 heterocycles. The molecular weight excluding hydrogens is 266 g/mol. The van der Waals surface area contributed by atoms with Crippen LogP contribution in [-0.2, 0) is 6.42 Å². The minimum atomic E-state index is 0.171. The van der Waals surface area contributed by atoms with Gasteiger partial charge in [0.25, 0.3) is 0 Å². The van der Waals surface area contributed by atoms with E-state index in [-0.39, 0.29) is 12.5 Å². The van der Waals surface area contributed by atoms with Gasteiger partial charge in [-0.25, -0.2) is 0 Å². The van der Waals surface area contributed by atoms with Crippen LogP contribution >= 0.6 is 15.9 Å². The van der Waals surface area contributed by atoms with Crippen molar-refractivity contribution in [1.82, 2.24) is 0 Å². The zero-order valence-electron chi connectivity index (χ0n) is 9.91. The molecule has 0 aliphatic heterocycles. The Labute approximate surface area is 106 Å². The highest BCUT2D eigenvalue weighted by atomic mass is 79.9. The molecule has 0 aliphatic carbocycles. The van der Waals surface area contributed by atoms with Gasteiger partial charge in [0.05, 0.1) is 0 Å². The van der Waals surface area contributed by atoms with E-state index in [9.17, 15) is 5.11 Å². The normalized spacial score (nSPS) is 14.8. The maximum atomic E-state index is 9.18. The third kappa shape index (κ3) is 3.58. The van der Waals surface area contributed by atoms with Gasteiger partial charge in [-0.2, -0.15) is 0 Å². The zero-order valence-corrected chi connectivity index (χ0v) is 11.5. The second-order valence-corrected chi connectivity index (χ2v) is 5.30. The lowest BCUT2D eigenvalue weighted by Gasteiger charge is -2.20. The molecule has 0 aliphatic rings. The van der Waals surface area contributed by atoms with Crippen LogP contribution in [-0.4, -0.2) is 18.3 Å². The summed E-state index contributed by atoms with van der Waals surface area (Å²) in [6, 6.07) is 6.40. The van der Waals surface area contributed by atoms with E-state index in [0.717, 1.165) is 10.9 Å². The molecule has 2 atom stereocenters. The summed E-state index contributed by atoms with van der Waals surface area (Å²) in [7, 11) is 0. The van der Waals surface area contributed by atoms with E-state index in [1.54, 1.807) is 0 Å². The second-order valence-electron chi connectivity index (χ2n) is 4.44. The summed E-state index contributed by atoms with van der Waals surface area (Å²) < 4.78 is 1.14. The average Bonchev–Trinajstić information content (AvgIpc) is 2.25. The van der Waals surface area contributed by atoms with E-state index in [1.807, 2.05) is 0 Å². The molecule has 0 bridgehead atoms. The Morgan fingerprint density at radius 2 is 2.12 bits per heavy atom. The van der Waals surface area contributed by atoms with Crippen LogP contribution in [0.3, 0.4) is 0 Å². The molecule has 1 aromatic rings. The Kier molecular flexibility index (Phi) is 5.46. The smallest absolute Gasteiger partial charge is 0.0474 e. The van der Waals surface area contributed by atoms with E-state index >= 15 is 0 Å². The van der Waals surface area contributed by atoms with Crippen LogP contribution in [0.15, 0.2) is 22.7 Å². The van der Waals surface area contributed by atoms with Crippen LogP contribution < -0.4 is 5.73 Å². The number of nitrogens with two attached hydrogens (primary N) is 1. The van der Waals surface area contributed by atoms with Gasteiger partial charge in [-0.3, -0.25) is 0 Å². The minimum Gasteiger partial charge on any atom is -0.396 e. The highest BCUT2D eigenvalue weighted by molar-refractivity contribution is 9.10. The minimum absolute atomic E-state index is 0.171. The molecule has 16 heavy (non-hydrogen) atoms. The zero-order chi connectivity index (χ0) is 12.1. The van der Waals surface area contributed by atoms with Gasteiger partial charge in [-0.05, 0) is 48.9 Å². The second kappa shape index (κ2) is 6.38. The maximum absolute atomic E-state index is 9.18. The Hall–Kier alpha value is -0.380. The van der Waals surface area contributed by atoms with Crippen molar-refractivity contribution in [2.45, 2.75) is 20.3 Å². The molecule has 90 valence electrons. The van der Waals surface area contributed by atoms with Crippen LogP contribution in [0.4, 0.5) is 0 Å². The first-order valence-corrected chi connectivity index (χ1v) is 6.43. The summed E-state index contributed by atoms with van der Waals surface area (Å²) in [5.41, 5.74) is 8.16. The largest absolute Gasteiger partial charge is 0.396 e. The Morgan fingerprint density at radius 3 is 2.62 bits per heavy atom. The van der Waals surface area contributed by atoms with E-state index in [2.05, 4.69) is 48.0 Å². The maximum Gasteiger partial charge on any atom is 0.0474 e. The molecule has 2 nitrogen and oxygen atoms in total. The lowest BCUT2D eigenvalue weighted by atomic mass is 9.89. The van der Waals surface area contributed by atoms with E-state index in [1.165, 1.54) is 11.1 Å². The molecule has 1 rings (SSSR count). The van der Waals surface area contributed by atoms with Crippen molar-refractivity contribution in [3.05, 3.63) is 33.8 Å². The van der Waals surface area contributed by atoms with Crippen LogP contribution in [0.5, 0.6) is 0 Å². The van der Waals surface area contributed by atoms with Crippen molar-refractivity contribution in [3.63, 3.8) is 0 Å². The standard InChI is InChI=1S/C13H20BrNO/c1-9-3-4-11(6-13(9)14)5-10(2)12(7-15)8-16/h3-4,6,10,12,16H,5,7-8,15H2,1-2H3. The van der Waals surface area contributed by atoms with Gasteiger partial charge in [-0.1, -0.05) is 35.0 Å². The Balaban J connectivity index is 2.69. The molecule has 2 unspecified atom stereocenters. The monoisotopic (exact) mass is 285 g/mol. The fourth-order valence-corrected chi connectivity index (χ4v) is 2.21. The molecule has 0 radical (unpaired) electrons. The van der Waals surface area contributed by atoms with E-state index < -0.39 is 0 Å². The molecular formula is C13H20BrNO. The number of hydrogen-bond acceptors (Lipinski definition) is 2. The van der Waals surface area contributed by atoms with Crippen molar-refractivity contribution in [2.75, 3.05) is 13.2 Å². The average molecular weight is 286 g/mol. The predicted octanol–water partition coefficient (Wildman–Crippen LogP) is 2.50. The molecule has 0 saturated heterocycles. The highest BCUT2D eigenvalue weighted by Crippen LogP contribution is 2.21. The fourth-order valence-electron chi connectivity index (χ4n) is 1.79. The quantitative estimate of drug-likeness (QED) is 0.873. The van der Waals surface area contributed by atoms with Gasteiger partial charge in [0.1, 0.15) is 0 Å². The topological polar surface area (TPSA) is 46.2 Å². The van der Waals surface area contributed by atoms with Crippen LogP contribution in [0.2, 0.25) is 0 Å². The lowest BCUT2D eigenvalue weighted by Crippen LogP contribution is -2.26. The number of aliphatic hydroxyl groups excluding tert-OH is 1. The molecule has 0 saturated carbocycles. The van der Waals surface area contributed by atoms with Gasteiger partial charge < -0.3 is 10.8 Å². The third-order valence-electron chi connectivity index (χ3n) is 3.14. The molecule has 3 N–H and O–H groups in total. The number of benzene rings is 1. The SMILES string of the molecule is Cc1ccc(CC(C)C(CN)CO)cc1Br. The Bertz CT molecular complexity index is 337. The summed E-state index contributed by atoms with van der Waals surface area (Å²) >= 11 is 3.53. The number of halogens is 1. The van der Waals surface area contributed by atoms with Gasteiger partial charge in [0.15, 0.2) is 0 Å². The number of rotatable bonds is 5. The summed E-state index contributed by atoms with van der Waals surface area (Å²) in [6.45, 7) is 4.94. The van der Waals surface area contributed by atoms with Crippen molar-refractivity contribution in [2.24, 2.45) is 17.6 Å². The fraction of sp³-hybridized carbons (Fsp3) is 0.538. The summed E-state index contributed by atoms with van der Waals surface area (Å²) in [5, 5.41) is 9.18. The molecule has 0 spiro atoms. The molecule has 3 heteroatoms. The van der Waals surface area contributed by atoms with Crippen molar-refractivity contribution in [3.8, 4) is 0 Å². The predicted molar refractivity (Wildman–Crippen MR) is 71.4 cm³/mol. The van der Waals surface area contributed by atoms with Crippen molar-refractivity contribution >= 4 is 15.9 Å². The number of aryl methyl sites for hydroxylation is 1. The summed E-state index contributed by atoms with van der Waals surface area (Å²) in [4.78, 5) is 0. The first kappa shape index (κ1) is 13.7. The van der Waals surface area contributed by atoms with E-state index in [4.69, 9.17) is 5.73 Å². The molecule has 0 amide bonds. The van der Waals surface area contributed by atoms with Crippen molar-refractivity contribution < 1.29 is 5.11 Å². The first-order chi connectivity index (χ1) is 7.58. The van der Waals surface area contributed by atoms with Crippen LogP contribution in [0, 0.1) is 18.8 Å². The molecule has 0 fully saturated rings. The van der Waals surface area contributed by atoms with Crippen LogP contribution in [0.1, 0.15) is 18.1 Å². The van der Waals surface area contributed by atoms with Crippen LogP contribution in [0.25, 0.3) is 0 Å². The van der Waals surface area contributed by atoms with Gasteiger partial charge in [0.2, 0.25) is 0 Å². The first-order valence-electron chi connectivity index (χ1n) is 5.64. The molecule has 1 aromatic carbocycles. The third-order valence-corrected chi connectivity index (χ3v) is 3.99. The number of hydrogen-bond donors (Lipinski definition) is 2.